The van der Waals surface area contributed by atoms with Crippen molar-refractivity contribution in [1.82, 2.24) is 9.78 Å². The smallest absolute Gasteiger partial charge is 0.164 e. The molecule has 2 aromatic rings. The molecule has 4 nitrogen and oxygen atoms in total. The van der Waals surface area contributed by atoms with Crippen LogP contribution in [0.15, 0.2) is 24.3 Å². The first-order valence-corrected chi connectivity index (χ1v) is 6.12. The molecule has 1 aromatic carbocycles. The van der Waals surface area contributed by atoms with Crippen molar-refractivity contribution in [2.45, 2.75) is 26.4 Å². The highest BCUT2D eigenvalue weighted by Crippen LogP contribution is 2.17. The topological polar surface area (TPSA) is 44.1 Å². The maximum atomic E-state index is 11.8. The van der Waals surface area contributed by atoms with E-state index in [0.29, 0.717) is 6.42 Å². The summed E-state index contributed by atoms with van der Waals surface area (Å²) in [5, 5.41) is 5.44. The zero-order chi connectivity index (χ0) is 13.1. The largest absolute Gasteiger partial charge is 0.371 e. The van der Waals surface area contributed by atoms with Crippen LogP contribution in [0.4, 0.5) is 0 Å². The van der Waals surface area contributed by atoms with Gasteiger partial charge in [-0.25, -0.2) is 0 Å². The second kappa shape index (κ2) is 5.31. The maximum Gasteiger partial charge on any atom is 0.164 e. The molecular formula is C14H18N2O2. The minimum absolute atomic E-state index is 0.0625. The fraction of sp³-hybridized carbons (Fsp3) is 0.429. The summed E-state index contributed by atoms with van der Waals surface area (Å²) in [5.74, 6) is 0.0625. The van der Waals surface area contributed by atoms with Crippen LogP contribution >= 0.6 is 0 Å². The van der Waals surface area contributed by atoms with Crippen LogP contribution in [0.25, 0.3) is 10.9 Å². The quantitative estimate of drug-likeness (QED) is 0.811. The summed E-state index contributed by atoms with van der Waals surface area (Å²) < 4.78 is 7.12. The number of ether oxygens (including phenoxy) is 1. The van der Waals surface area contributed by atoms with E-state index in [1.165, 1.54) is 0 Å². The Morgan fingerprint density at radius 1 is 1.39 bits per heavy atom. The number of aryl methyl sites for hydroxylation is 1. The van der Waals surface area contributed by atoms with Gasteiger partial charge in [0.15, 0.2) is 5.78 Å². The normalized spacial score (nSPS) is 11.3. The first-order chi connectivity index (χ1) is 8.58. The van der Waals surface area contributed by atoms with Crippen molar-refractivity contribution < 1.29 is 9.53 Å². The molecule has 0 bridgehead atoms. The van der Waals surface area contributed by atoms with Gasteiger partial charge in [0.2, 0.25) is 0 Å². The number of para-hydroxylation sites is 1. The van der Waals surface area contributed by atoms with Gasteiger partial charge in [-0.3, -0.25) is 9.48 Å². The molecule has 4 heteroatoms. The second-order valence-corrected chi connectivity index (χ2v) is 4.66. The Labute approximate surface area is 107 Å². The number of carbonyl (C=O) groups is 1. The van der Waals surface area contributed by atoms with Gasteiger partial charge in [0, 0.05) is 12.4 Å². The molecular weight excluding hydrogens is 228 g/mol. The summed E-state index contributed by atoms with van der Waals surface area (Å²) in [7, 11) is 1.89. The molecule has 0 aliphatic heterocycles. The number of fused-ring (bicyclic) bond motifs is 1. The van der Waals surface area contributed by atoms with Crippen LogP contribution in [-0.4, -0.2) is 28.3 Å². The van der Waals surface area contributed by atoms with Gasteiger partial charge in [-0.1, -0.05) is 18.2 Å². The van der Waals surface area contributed by atoms with Crippen LogP contribution < -0.4 is 0 Å². The van der Waals surface area contributed by atoms with Crippen molar-refractivity contribution in [1.29, 1.82) is 0 Å². The standard InChI is InChI=1S/C14H18N2O2/c1-10(2)18-9-11(17)8-13-12-6-4-5-7-14(12)16(3)15-13/h4-7,10H,8-9H2,1-3H3. The monoisotopic (exact) mass is 246 g/mol. The van der Waals surface area contributed by atoms with Crippen LogP contribution in [-0.2, 0) is 23.0 Å². The highest BCUT2D eigenvalue weighted by atomic mass is 16.5. The van der Waals surface area contributed by atoms with Crippen molar-refractivity contribution in [2.24, 2.45) is 7.05 Å². The van der Waals surface area contributed by atoms with Crippen LogP contribution in [0.2, 0.25) is 0 Å². The summed E-state index contributed by atoms with van der Waals surface area (Å²) in [6.07, 6.45) is 0.406. The number of hydrogen-bond donors (Lipinski definition) is 0. The lowest BCUT2D eigenvalue weighted by Crippen LogP contribution is -2.15. The van der Waals surface area contributed by atoms with Crippen molar-refractivity contribution >= 4 is 16.7 Å². The molecule has 0 spiro atoms. The second-order valence-electron chi connectivity index (χ2n) is 4.66. The summed E-state index contributed by atoms with van der Waals surface area (Å²) in [4.78, 5) is 11.8. The lowest BCUT2D eigenvalue weighted by atomic mass is 10.1. The molecule has 0 saturated carbocycles. The number of carbonyl (C=O) groups excluding carboxylic acids is 1. The minimum Gasteiger partial charge on any atom is -0.371 e. The van der Waals surface area contributed by atoms with Crippen LogP contribution in [0.3, 0.4) is 0 Å². The van der Waals surface area contributed by atoms with Crippen LogP contribution in [0.1, 0.15) is 19.5 Å². The zero-order valence-electron chi connectivity index (χ0n) is 11.0. The predicted molar refractivity (Wildman–Crippen MR) is 70.5 cm³/mol. The lowest BCUT2D eigenvalue weighted by molar-refractivity contribution is -0.124. The first kappa shape index (κ1) is 12.8. The van der Waals surface area contributed by atoms with Crippen molar-refractivity contribution in [3.63, 3.8) is 0 Å². The summed E-state index contributed by atoms with van der Waals surface area (Å²) in [6, 6.07) is 7.93. The highest BCUT2D eigenvalue weighted by Gasteiger charge is 2.12. The molecule has 0 atom stereocenters. The molecule has 0 unspecified atom stereocenters. The summed E-state index contributed by atoms with van der Waals surface area (Å²) in [5.41, 5.74) is 1.87. The van der Waals surface area contributed by atoms with Gasteiger partial charge in [-0.05, 0) is 19.9 Å². The number of ketones is 1. The molecule has 0 aliphatic carbocycles. The average Bonchev–Trinajstić information content (AvgIpc) is 2.65. The molecule has 0 aliphatic rings. The van der Waals surface area contributed by atoms with E-state index in [1.54, 1.807) is 4.68 Å². The molecule has 1 aromatic heterocycles. The number of nitrogens with zero attached hydrogens (tertiary/aromatic N) is 2. The first-order valence-electron chi connectivity index (χ1n) is 6.12. The minimum atomic E-state index is 0.0625. The van der Waals surface area contributed by atoms with E-state index < -0.39 is 0 Å². The Hall–Kier alpha value is -1.68. The molecule has 0 saturated heterocycles. The van der Waals surface area contributed by atoms with Gasteiger partial charge in [0.05, 0.1) is 23.7 Å². The molecule has 0 fully saturated rings. The average molecular weight is 246 g/mol. The van der Waals surface area contributed by atoms with E-state index in [2.05, 4.69) is 5.10 Å². The van der Waals surface area contributed by atoms with Crippen molar-refractivity contribution in [3.8, 4) is 0 Å². The number of aromatic nitrogens is 2. The number of hydrogen-bond acceptors (Lipinski definition) is 3. The number of rotatable bonds is 5. The number of benzene rings is 1. The Kier molecular flexibility index (Phi) is 3.77. The third-order valence-corrected chi connectivity index (χ3v) is 2.78. The van der Waals surface area contributed by atoms with Gasteiger partial charge < -0.3 is 4.74 Å². The van der Waals surface area contributed by atoms with E-state index in [1.807, 2.05) is 45.2 Å². The van der Waals surface area contributed by atoms with Crippen LogP contribution in [0, 0.1) is 0 Å². The molecule has 2 rings (SSSR count). The highest BCUT2D eigenvalue weighted by molar-refractivity contribution is 5.89. The van der Waals surface area contributed by atoms with E-state index in [-0.39, 0.29) is 18.5 Å². The van der Waals surface area contributed by atoms with Gasteiger partial charge >= 0.3 is 0 Å². The molecule has 18 heavy (non-hydrogen) atoms. The van der Waals surface area contributed by atoms with Gasteiger partial charge in [0.1, 0.15) is 6.61 Å². The van der Waals surface area contributed by atoms with Crippen molar-refractivity contribution in [3.05, 3.63) is 30.0 Å². The fourth-order valence-corrected chi connectivity index (χ4v) is 1.92. The molecule has 0 amide bonds. The Balaban J connectivity index is 2.14. The third kappa shape index (κ3) is 2.76. The number of Topliss-reactive ketones (excluding diaryl/α,β-unsaturated/α-hetero) is 1. The molecule has 1 heterocycles. The Morgan fingerprint density at radius 2 is 2.11 bits per heavy atom. The maximum absolute atomic E-state index is 11.8. The van der Waals surface area contributed by atoms with Gasteiger partial charge in [-0.2, -0.15) is 5.10 Å². The predicted octanol–water partition coefficient (Wildman–Crippen LogP) is 2.11. The van der Waals surface area contributed by atoms with E-state index >= 15 is 0 Å². The Morgan fingerprint density at radius 3 is 2.83 bits per heavy atom. The summed E-state index contributed by atoms with van der Waals surface area (Å²) in [6.45, 7) is 4.00. The molecule has 0 radical (unpaired) electrons. The van der Waals surface area contributed by atoms with Crippen LogP contribution in [0.5, 0.6) is 0 Å². The fourth-order valence-electron chi connectivity index (χ4n) is 1.92. The van der Waals surface area contributed by atoms with Crippen molar-refractivity contribution in [2.75, 3.05) is 6.61 Å². The zero-order valence-corrected chi connectivity index (χ0v) is 11.0. The van der Waals surface area contributed by atoms with E-state index in [0.717, 1.165) is 16.6 Å². The lowest BCUT2D eigenvalue weighted by Gasteiger charge is -2.05. The SMILES string of the molecule is CC(C)OCC(=O)Cc1nn(C)c2ccccc12. The molecule has 0 N–H and O–H groups in total. The van der Waals surface area contributed by atoms with E-state index in [9.17, 15) is 4.79 Å². The molecule has 96 valence electrons. The Bertz CT molecular complexity index is 558. The van der Waals surface area contributed by atoms with Gasteiger partial charge in [0.25, 0.3) is 0 Å². The van der Waals surface area contributed by atoms with Gasteiger partial charge in [-0.15, -0.1) is 0 Å². The third-order valence-electron chi connectivity index (χ3n) is 2.78. The van der Waals surface area contributed by atoms with E-state index in [4.69, 9.17) is 4.74 Å². The summed E-state index contributed by atoms with van der Waals surface area (Å²) >= 11 is 0.